The molecule has 0 N–H and O–H groups in total. The number of rotatable bonds is 5. The third-order valence-corrected chi connectivity index (χ3v) is 5.20. The van der Waals surface area contributed by atoms with E-state index in [2.05, 4.69) is 61.2 Å². The van der Waals surface area contributed by atoms with Crippen molar-refractivity contribution in [3.05, 3.63) is 51.8 Å². The van der Waals surface area contributed by atoms with Gasteiger partial charge in [0.15, 0.2) is 0 Å². The Bertz CT molecular complexity index is 660. The summed E-state index contributed by atoms with van der Waals surface area (Å²) in [5, 5.41) is 4.23. The second kappa shape index (κ2) is 6.75. The Labute approximate surface area is 145 Å². The normalized spacial score (nSPS) is 20.0. The van der Waals surface area contributed by atoms with Crippen LogP contribution in [0.1, 0.15) is 35.8 Å². The van der Waals surface area contributed by atoms with E-state index in [1.54, 1.807) is 0 Å². The van der Waals surface area contributed by atoms with Crippen LogP contribution >= 0.6 is 15.9 Å². The van der Waals surface area contributed by atoms with Gasteiger partial charge in [-0.05, 0) is 30.5 Å². The second-order valence-corrected chi connectivity index (χ2v) is 7.59. The molecule has 122 valence electrons. The van der Waals surface area contributed by atoms with Crippen molar-refractivity contribution in [3.8, 4) is 0 Å². The van der Waals surface area contributed by atoms with E-state index in [0.717, 1.165) is 55.2 Å². The molecule has 1 saturated heterocycles. The van der Waals surface area contributed by atoms with Crippen molar-refractivity contribution in [2.45, 2.75) is 31.8 Å². The smallest absolute Gasteiger partial charge is 0.140 e. The summed E-state index contributed by atoms with van der Waals surface area (Å²) in [5.74, 6) is 1.74. The van der Waals surface area contributed by atoms with Gasteiger partial charge in [-0.15, -0.1) is 0 Å². The van der Waals surface area contributed by atoms with E-state index in [-0.39, 0.29) is 0 Å². The molecule has 0 unspecified atom stereocenters. The predicted molar refractivity (Wildman–Crippen MR) is 93.2 cm³/mol. The molecule has 0 amide bonds. The Morgan fingerprint density at radius 3 is 2.48 bits per heavy atom. The standard InChI is InChI=1S/C18H22BrN3O/c19-16-3-1-2-14(10-16)12-21-6-8-22(9-7-21)13-17-11-18(23-20-17)15-4-5-15/h1-3,10-11,15H,4-9,12-13H2. The fourth-order valence-electron chi connectivity index (χ4n) is 3.19. The monoisotopic (exact) mass is 375 g/mol. The highest BCUT2D eigenvalue weighted by atomic mass is 79.9. The molecule has 4 nitrogen and oxygen atoms in total. The number of benzene rings is 1. The number of halogens is 1. The molecule has 2 fully saturated rings. The van der Waals surface area contributed by atoms with E-state index in [0.29, 0.717) is 5.92 Å². The van der Waals surface area contributed by atoms with Gasteiger partial charge < -0.3 is 4.52 Å². The molecule has 1 aromatic heterocycles. The molecule has 2 aromatic rings. The van der Waals surface area contributed by atoms with Crippen molar-refractivity contribution in [2.75, 3.05) is 26.2 Å². The molecule has 2 aliphatic rings. The van der Waals surface area contributed by atoms with Crippen LogP contribution < -0.4 is 0 Å². The second-order valence-electron chi connectivity index (χ2n) is 6.68. The van der Waals surface area contributed by atoms with Crippen LogP contribution in [-0.2, 0) is 13.1 Å². The third-order valence-electron chi connectivity index (χ3n) is 4.70. The van der Waals surface area contributed by atoms with Crippen LogP contribution in [-0.4, -0.2) is 41.1 Å². The molecule has 1 aliphatic heterocycles. The maximum absolute atomic E-state index is 5.45. The molecule has 23 heavy (non-hydrogen) atoms. The van der Waals surface area contributed by atoms with Crippen molar-refractivity contribution in [3.63, 3.8) is 0 Å². The van der Waals surface area contributed by atoms with Crippen LogP contribution in [0, 0.1) is 0 Å². The molecule has 5 heteroatoms. The van der Waals surface area contributed by atoms with Crippen LogP contribution in [0.2, 0.25) is 0 Å². The summed E-state index contributed by atoms with van der Waals surface area (Å²) >= 11 is 3.55. The Morgan fingerprint density at radius 2 is 1.78 bits per heavy atom. The summed E-state index contributed by atoms with van der Waals surface area (Å²) in [6.45, 7) is 6.36. The molecule has 4 rings (SSSR count). The minimum atomic E-state index is 0.651. The molecule has 0 atom stereocenters. The van der Waals surface area contributed by atoms with E-state index in [9.17, 15) is 0 Å². The SMILES string of the molecule is Brc1cccc(CN2CCN(Cc3cc(C4CC4)on3)CC2)c1. The minimum absolute atomic E-state index is 0.651. The molecular weight excluding hydrogens is 354 g/mol. The minimum Gasteiger partial charge on any atom is -0.361 e. The zero-order valence-corrected chi connectivity index (χ0v) is 14.8. The summed E-state index contributed by atoms with van der Waals surface area (Å²) < 4.78 is 6.61. The fraction of sp³-hybridized carbons (Fsp3) is 0.500. The average molecular weight is 376 g/mol. The lowest BCUT2D eigenvalue weighted by atomic mass is 10.2. The van der Waals surface area contributed by atoms with Crippen molar-refractivity contribution in [2.24, 2.45) is 0 Å². The Kier molecular flexibility index (Phi) is 4.51. The summed E-state index contributed by atoms with van der Waals surface area (Å²) in [4.78, 5) is 5.00. The van der Waals surface area contributed by atoms with Gasteiger partial charge in [0.05, 0.1) is 5.69 Å². The number of piperazine rings is 1. The zero-order valence-electron chi connectivity index (χ0n) is 13.2. The Hall–Kier alpha value is -1.17. The van der Waals surface area contributed by atoms with Crippen LogP contribution in [0.4, 0.5) is 0 Å². The van der Waals surface area contributed by atoms with Gasteiger partial charge in [0.1, 0.15) is 5.76 Å². The highest BCUT2D eigenvalue weighted by molar-refractivity contribution is 9.10. The highest BCUT2D eigenvalue weighted by Gasteiger charge is 2.28. The fourth-order valence-corrected chi connectivity index (χ4v) is 3.64. The number of nitrogens with zero attached hydrogens (tertiary/aromatic N) is 3. The molecule has 0 radical (unpaired) electrons. The highest BCUT2D eigenvalue weighted by Crippen LogP contribution is 2.40. The molecule has 0 spiro atoms. The first-order valence-corrected chi connectivity index (χ1v) is 9.20. The molecule has 1 aromatic carbocycles. The van der Waals surface area contributed by atoms with Gasteiger partial charge in [-0.3, -0.25) is 9.80 Å². The van der Waals surface area contributed by atoms with Crippen molar-refractivity contribution in [1.29, 1.82) is 0 Å². The summed E-state index contributed by atoms with van der Waals surface area (Å²) in [6.07, 6.45) is 2.53. The van der Waals surface area contributed by atoms with E-state index < -0.39 is 0 Å². The number of hydrogen-bond acceptors (Lipinski definition) is 4. The maximum atomic E-state index is 5.45. The van der Waals surface area contributed by atoms with Crippen molar-refractivity contribution in [1.82, 2.24) is 15.0 Å². The molecule has 1 aliphatic carbocycles. The lowest BCUT2D eigenvalue weighted by Crippen LogP contribution is -2.45. The van der Waals surface area contributed by atoms with Crippen LogP contribution in [0.15, 0.2) is 39.3 Å². The first-order chi connectivity index (χ1) is 11.3. The van der Waals surface area contributed by atoms with E-state index >= 15 is 0 Å². The van der Waals surface area contributed by atoms with Crippen molar-refractivity contribution >= 4 is 15.9 Å². The van der Waals surface area contributed by atoms with Gasteiger partial charge >= 0.3 is 0 Å². The largest absolute Gasteiger partial charge is 0.361 e. The van der Waals surface area contributed by atoms with Gasteiger partial charge in [-0.2, -0.15) is 0 Å². The molecular formula is C18H22BrN3O. The first kappa shape index (κ1) is 15.4. The first-order valence-electron chi connectivity index (χ1n) is 8.41. The summed E-state index contributed by atoms with van der Waals surface area (Å²) in [7, 11) is 0. The van der Waals surface area contributed by atoms with Gasteiger partial charge in [0.25, 0.3) is 0 Å². The Balaban J connectivity index is 1.26. The predicted octanol–water partition coefficient (Wildman–Crippen LogP) is 3.63. The molecule has 0 bridgehead atoms. The third kappa shape index (κ3) is 4.03. The van der Waals surface area contributed by atoms with Crippen LogP contribution in [0.3, 0.4) is 0 Å². The van der Waals surface area contributed by atoms with E-state index in [1.165, 1.54) is 18.4 Å². The maximum Gasteiger partial charge on any atom is 0.140 e. The quantitative estimate of drug-likeness (QED) is 0.798. The number of aromatic nitrogens is 1. The van der Waals surface area contributed by atoms with Gasteiger partial charge in [-0.25, -0.2) is 0 Å². The number of hydrogen-bond donors (Lipinski definition) is 0. The lowest BCUT2D eigenvalue weighted by molar-refractivity contribution is 0.120. The Morgan fingerprint density at radius 1 is 1.04 bits per heavy atom. The van der Waals surface area contributed by atoms with E-state index in [4.69, 9.17) is 4.52 Å². The van der Waals surface area contributed by atoms with Crippen LogP contribution in [0.25, 0.3) is 0 Å². The van der Waals surface area contributed by atoms with Crippen LogP contribution in [0.5, 0.6) is 0 Å². The van der Waals surface area contributed by atoms with E-state index in [1.807, 2.05) is 0 Å². The van der Waals surface area contributed by atoms with Gasteiger partial charge in [0.2, 0.25) is 0 Å². The molecule has 1 saturated carbocycles. The van der Waals surface area contributed by atoms with Crippen molar-refractivity contribution < 1.29 is 4.52 Å². The summed E-state index contributed by atoms with van der Waals surface area (Å²) in [5.41, 5.74) is 2.46. The van der Waals surface area contributed by atoms with Gasteiger partial charge in [0, 0.05) is 55.7 Å². The lowest BCUT2D eigenvalue weighted by Gasteiger charge is -2.34. The zero-order chi connectivity index (χ0) is 15.6. The molecule has 2 heterocycles. The average Bonchev–Trinajstić information content (AvgIpc) is 3.30. The van der Waals surface area contributed by atoms with Gasteiger partial charge in [-0.1, -0.05) is 33.2 Å². The summed E-state index contributed by atoms with van der Waals surface area (Å²) in [6, 6.07) is 10.8. The topological polar surface area (TPSA) is 32.5 Å².